The minimum absolute atomic E-state index is 0.0197. The van der Waals surface area contributed by atoms with Gasteiger partial charge in [-0.2, -0.15) is 0 Å². The Morgan fingerprint density at radius 3 is 1.60 bits per heavy atom. The van der Waals surface area contributed by atoms with Crippen LogP contribution >= 0.6 is 0 Å². The third-order valence-corrected chi connectivity index (χ3v) is 2.22. The number of carbonyl (C=O) groups excluding carboxylic acids is 2. The highest BCUT2D eigenvalue weighted by Gasteiger charge is 2.23. The molecule has 0 amide bonds. The van der Waals surface area contributed by atoms with Crippen molar-refractivity contribution in [2.24, 2.45) is 11.8 Å². The summed E-state index contributed by atoms with van der Waals surface area (Å²) in [5.41, 5.74) is 0. The minimum atomic E-state index is 0.0197. The quantitative estimate of drug-likeness (QED) is 0.540. The summed E-state index contributed by atoms with van der Waals surface area (Å²) in [5.74, 6) is 0.0394. The van der Waals surface area contributed by atoms with Gasteiger partial charge in [-0.3, -0.25) is 0 Å². The van der Waals surface area contributed by atoms with Crippen LogP contribution in [0.5, 0.6) is 0 Å². The first-order valence-corrected chi connectivity index (χ1v) is 3.79. The third-order valence-electron chi connectivity index (χ3n) is 2.22. The molecule has 56 valence electrons. The van der Waals surface area contributed by atoms with Crippen LogP contribution in [0.4, 0.5) is 0 Å². The maximum Gasteiger partial charge on any atom is 0.123 e. The first kappa shape index (κ1) is 7.45. The summed E-state index contributed by atoms with van der Waals surface area (Å²) in [6, 6.07) is 0. The number of rotatable bonds is 2. The lowest BCUT2D eigenvalue weighted by atomic mass is 9.81. The number of hydrogen-bond acceptors (Lipinski definition) is 2. The lowest BCUT2D eigenvalue weighted by Crippen LogP contribution is -2.21. The van der Waals surface area contributed by atoms with Gasteiger partial charge in [-0.25, -0.2) is 0 Å². The Balaban J connectivity index is 2.49. The number of hydrogen-bond donors (Lipinski definition) is 0. The zero-order valence-electron chi connectivity index (χ0n) is 5.95. The van der Waals surface area contributed by atoms with Crippen molar-refractivity contribution >= 4 is 12.6 Å². The van der Waals surface area contributed by atoms with Crippen LogP contribution in [0.25, 0.3) is 0 Å². The van der Waals surface area contributed by atoms with Crippen LogP contribution in [0.1, 0.15) is 25.7 Å². The molecule has 1 fully saturated rings. The summed E-state index contributed by atoms with van der Waals surface area (Å²) in [5, 5.41) is 0. The molecule has 1 rings (SSSR count). The second-order valence-corrected chi connectivity index (χ2v) is 2.88. The second kappa shape index (κ2) is 3.49. The molecule has 0 heterocycles. The fraction of sp³-hybridized carbons (Fsp3) is 0.750. The van der Waals surface area contributed by atoms with Crippen molar-refractivity contribution in [1.29, 1.82) is 0 Å². The predicted octanol–water partition coefficient (Wildman–Crippen LogP) is 1.19. The Labute approximate surface area is 60.6 Å². The smallest absolute Gasteiger partial charge is 0.123 e. The lowest BCUT2D eigenvalue weighted by molar-refractivity contribution is -0.120. The predicted molar refractivity (Wildman–Crippen MR) is 37.6 cm³/mol. The van der Waals surface area contributed by atoms with E-state index in [1.807, 2.05) is 0 Å². The Kier molecular flexibility index (Phi) is 2.60. The van der Waals surface area contributed by atoms with E-state index in [1.165, 1.54) is 0 Å². The summed E-state index contributed by atoms with van der Waals surface area (Å²) in [6.45, 7) is 0. The molecule has 10 heavy (non-hydrogen) atoms. The van der Waals surface area contributed by atoms with Gasteiger partial charge in [0.2, 0.25) is 0 Å². The highest BCUT2D eigenvalue weighted by atomic mass is 16.1. The van der Waals surface area contributed by atoms with E-state index in [0.29, 0.717) is 0 Å². The average molecular weight is 140 g/mol. The van der Waals surface area contributed by atoms with Crippen LogP contribution in [-0.4, -0.2) is 12.6 Å². The third kappa shape index (κ3) is 1.43. The Bertz CT molecular complexity index is 115. The van der Waals surface area contributed by atoms with Gasteiger partial charge in [0.25, 0.3) is 0 Å². The summed E-state index contributed by atoms with van der Waals surface area (Å²) in [4.78, 5) is 20.7. The molecular formula is C8H12O2. The summed E-state index contributed by atoms with van der Waals surface area (Å²) < 4.78 is 0. The first-order chi connectivity index (χ1) is 4.88. The molecule has 1 saturated carbocycles. The van der Waals surface area contributed by atoms with E-state index in [1.54, 1.807) is 0 Å². The molecule has 0 aromatic heterocycles. The topological polar surface area (TPSA) is 34.1 Å². The van der Waals surface area contributed by atoms with Crippen LogP contribution < -0.4 is 0 Å². The van der Waals surface area contributed by atoms with Crippen molar-refractivity contribution in [3.63, 3.8) is 0 Å². The standard InChI is InChI=1S/C8H12O2/c9-5-7-3-1-2-4-8(7)6-10/h5-8H,1-4H2/t7-,8-/m0/s1. The van der Waals surface area contributed by atoms with Crippen LogP contribution in [0.2, 0.25) is 0 Å². The van der Waals surface area contributed by atoms with Gasteiger partial charge < -0.3 is 9.59 Å². The van der Waals surface area contributed by atoms with E-state index in [0.717, 1.165) is 38.3 Å². The van der Waals surface area contributed by atoms with Gasteiger partial charge in [-0.15, -0.1) is 0 Å². The van der Waals surface area contributed by atoms with Crippen molar-refractivity contribution < 1.29 is 9.59 Å². The lowest BCUT2D eigenvalue weighted by Gasteiger charge is -2.22. The van der Waals surface area contributed by atoms with Gasteiger partial charge in [-0.05, 0) is 12.8 Å². The molecule has 0 N–H and O–H groups in total. The Morgan fingerprint density at radius 1 is 0.900 bits per heavy atom. The molecule has 2 atom stereocenters. The van der Waals surface area contributed by atoms with Crippen molar-refractivity contribution in [2.75, 3.05) is 0 Å². The SMILES string of the molecule is O=C[C@@H]1CCCC[C@H]1C=O. The molecule has 0 spiro atoms. The van der Waals surface area contributed by atoms with Crippen molar-refractivity contribution in [3.8, 4) is 0 Å². The van der Waals surface area contributed by atoms with E-state index >= 15 is 0 Å². The zero-order chi connectivity index (χ0) is 7.40. The molecule has 0 bridgehead atoms. The van der Waals surface area contributed by atoms with Gasteiger partial charge >= 0.3 is 0 Å². The fourth-order valence-corrected chi connectivity index (χ4v) is 1.53. The molecule has 0 aromatic rings. The highest BCUT2D eigenvalue weighted by molar-refractivity contribution is 5.64. The number of carbonyl (C=O) groups is 2. The van der Waals surface area contributed by atoms with E-state index in [-0.39, 0.29) is 11.8 Å². The van der Waals surface area contributed by atoms with Crippen LogP contribution in [-0.2, 0) is 9.59 Å². The highest BCUT2D eigenvalue weighted by Crippen LogP contribution is 2.26. The average Bonchev–Trinajstić information content (AvgIpc) is 2.04. The summed E-state index contributed by atoms with van der Waals surface area (Å²) in [6.07, 6.45) is 5.89. The Hall–Kier alpha value is -0.660. The monoisotopic (exact) mass is 140 g/mol. The van der Waals surface area contributed by atoms with E-state index in [2.05, 4.69) is 0 Å². The molecule has 1 aliphatic carbocycles. The van der Waals surface area contributed by atoms with Crippen molar-refractivity contribution in [3.05, 3.63) is 0 Å². The normalized spacial score (nSPS) is 33.2. The van der Waals surface area contributed by atoms with Crippen molar-refractivity contribution in [2.45, 2.75) is 25.7 Å². The molecule has 0 saturated heterocycles. The van der Waals surface area contributed by atoms with E-state index in [4.69, 9.17) is 0 Å². The van der Waals surface area contributed by atoms with Crippen LogP contribution in [0, 0.1) is 11.8 Å². The Morgan fingerprint density at radius 2 is 1.30 bits per heavy atom. The van der Waals surface area contributed by atoms with Gasteiger partial charge in [0, 0.05) is 11.8 Å². The van der Waals surface area contributed by atoms with Gasteiger partial charge in [0.05, 0.1) is 0 Å². The largest absolute Gasteiger partial charge is 0.303 e. The fourth-order valence-electron chi connectivity index (χ4n) is 1.53. The molecule has 2 heteroatoms. The van der Waals surface area contributed by atoms with E-state index < -0.39 is 0 Å². The first-order valence-electron chi connectivity index (χ1n) is 3.79. The van der Waals surface area contributed by atoms with Gasteiger partial charge in [-0.1, -0.05) is 12.8 Å². The van der Waals surface area contributed by atoms with Gasteiger partial charge in [0.15, 0.2) is 0 Å². The molecule has 0 aliphatic heterocycles. The van der Waals surface area contributed by atoms with Crippen LogP contribution in [0.3, 0.4) is 0 Å². The maximum absolute atomic E-state index is 10.4. The summed E-state index contributed by atoms with van der Waals surface area (Å²) >= 11 is 0. The number of aldehydes is 2. The second-order valence-electron chi connectivity index (χ2n) is 2.88. The molecule has 0 radical (unpaired) electrons. The van der Waals surface area contributed by atoms with Gasteiger partial charge in [0.1, 0.15) is 12.6 Å². The molecular weight excluding hydrogens is 128 g/mol. The molecule has 0 aromatic carbocycles. The molecule has 1 aliphatic rings. The molecule has 0 unspecified atom stereocenters. The minimum Gasteiger partial charge on any atom is -0.303 e. The van der Waals surface area contributed by atoms with Crippen LogP contribution in [0.15, 0.2) is 0 Å². The zero-order valence-corrected chi connectivity index (χ0v) is 5.95. The molecule has 2 nitrogen and oxygen atoms in total. The summed E-state index contributed by atoms with van der Waals surface area (Å²) in [7, 11) is 0. The van der Waals surface area contributed by atoms with Crippen molar-refractivity contribution in [1.82, 2.24) is 0 Å². The maximum atomic E-state index is 10.4. The van der Waals surface area contributed by atoms with E-state index in [9.17, 15) is 9.59 Å².